The number of esters is 1. The molecule has 1 amide bonds. The number of amides is 1. The lowest BCUT2D eigenvalue weighted by atomic mass is 9.82. The van der Waals surface area contributed by atoms with E-state index in [1.54, 1.807) is 25.1 Å². The van der Waals surface area contributed by atoms with E-state index in [9.17, 15) is 22.8 Å². The first-order valence-corrected chi connectivity index (χ1v) is 12.4. The lowest BCUT2D eigenvalue weighted by Crippen LogP contribution is -2.33. The average molecular weight is 572 g/mol. The van der Waals surface area contributed by atoms with E-state index in [-0.39, 0.29) is 29.2 Å². The van der Waals surface area contributed by atoms with Crippen molar-refractivity contribution in [3.05, 3.63) is 51.6 Å². The monoisotopic (exact) mass is 571 g/mol. The van der Waals surface area contributed by atoms with Gasteiger partial charge < -0.3 is 20.1 Å². The van der Waals surface area contributed by atoms with Crippen molar-refractivity contribution in [3.63, 3.8) is 0 Å². The van der Waals surface area contributed by atoms with Gasteiger partial charge in [0.1, 0.15) is 11.6 Å². The molecule has 0 radical (unpaired) electrons. The molecule has 1 heterocycles. The molecule has 36 heavy (non-hydrogen) atoms. The zero-order valence-corrected chi connectivity index (χ0v) is 21.8. The number of alkyl halides is 3. The fourth-order valence-electron chi connectivity index (χ4n) is 4.35. The van der Waals surface area contributed by atoms with Crippen molar-refractivity contribution in [1.29, 1.82) is 0 Å². The molecule has 0 saturated heterocycles. The maximum atomic E-state index is 13.9. The smallest absolute Gasteiger partial charge is 0.419 e. The van der Waals surface area contributed by atoms with Crippen LogP contribution in [0.4, 0.5) is 19.0 Å². The minimum Gasteiger partial charge on any atom is -0.496 e. The highest BCUT2D eigenvalue weighted by molar-refractivity contribution is 9.10. The van der Waals surface area contributed by atoms with Gasteiger partial charge in [-0.3, -0.25) is 9.59 Å². The number of ether oxygens (including phenoxy) is 2. The second-order valence-corrected chi connectivity index (χ2v) is 9.74. The summed E-state index contributed by atoms with van der Waals surface area (Å²) in [6.07, 6.45) is -0.814. The van der Waals surface area contributed by atoms with Crippen molar-refractivity contribution in [2.24, 2.45) is 11.8 Å². The van der Waals surface area contributed by atoms with Gasteiger partial charge in [-0.05, 0) is 62.8 Å². The quantitative estimate of drug-likeness (QED) is 0.392. The minimum atomic E-state index is -4.72. The van der Waals surface area contributed by atoms with Gasteiger partial charge in [-0.15, -0.1) is 0 Å². The molecule has 3 rings (SSSR count). The number of benzene rings is 1. The Kier molecular flexibility index (Phi) is 9.21. The van der Waals surface area contributed by atoms with Crippen LogP contribution in [-0.4, -0.2) is 37.6 Å². The first kappa shape index (κ1) is 27.8. The molecule has 1 fully saturated rings. The van der Waals surface area contributed by atoms with Crippen LogP contribution in [0.3, 0.4) is 0 Å². The number of hydrogen-bond acceptors (Lipinski definition) is 6. The molecule has 196 valence electrons. The van der Waals surface area contributed by atoms with Crippen LogP contribution in [0, 0.1) is 11.8 Å². The second kappa shape index (κ2) is 11.9. The molecule has 1 aromatic heterocycles. The van der Waals surface area contributed by atoms with Gasteiger partial charge in [0.05, 0.1) is 37.3 Å². The number of carbonyl (C=O) groups excluding carboxylic acids is 2. The van der Waals surface area contributed by atoms with Gasteiger partial charge in [-0.2, -0.15) is 13.2 Å². The third-order valence-electron chi connectivity index (χ3n) is 6.40. The number of anilines is 1. The Morgan fingerprint density at radius 3 is 2.47 bits per heavy atom. The number of nitrogens with one attached hydrogen (secondary N) is 2. The number of carbonyl (C=O) groups is 2. The second-order valence-electron chi connectivity index (χ2n) is 8.82. The van der Waals surface area contributed by atoms with Gasteiger partial charge >= 0.3 is 12.1 Å². The zero-order valence-electron chi connectivity index (χ0n) is 20.2. The predicted molar refractivity (Wildman–Crippen MR) is 132 cm³/mol. The molecule has 2 N–H and O–H groups in total. The van der Waals surface area contributed by atoms with Crippen LogP contribution >= 0.6 is 15.9 Å². The fraction of sp³-hybridized carbons (Fsp3) is 0.480. The maximum absolute atomic E-state index is 13.9. The number of pyridine rings is 1. The van der Waals surface area contributed by atoms with Gasteiger partial charge in [0, 0.05) is 22.8 Å². The summed E-state index contributed by atoms with van der Waals surface area (Å²) >= 11 is 3.36. The standard InChI is InChI=1S/C25H29BrF3N3O4/c1-14(19-11-18(26)8-9-21(19)35-2)32-22-20(25(27,28)29)10-17(13-30-22)23(33)31-12-15-4-6-16(7-5-15)24(34)36-3/h8-11,13-16H,4-7,12H2,1-3H3,(H,30,32)(H,31,33)/t14?,15-,16-. The van der Waals surface area contributed by atoms with E-state index in [2.05, 4.69) is 31.5 Å². The highest BCUT2D eigenvalue weighted by Crippen LogP contribution is 2.37. The van der Waals surface area contributed by atoms with Crippen LogP contribution in [0.1, 0.15) is 60.1 Å². The molecule has 1 aliphatic rings. The Bertz CT molecular complexity index is 1090. The number of nitrogens with zero attached hydrogens (tertiary/aromatic N) is 1. The van der Waals surface area contributed by atoms with Crippen molar-refractivity contribution in [2.45, 2.75) is 44.8 Å². The fourth-order valence-corrected chi connectivity index (χ4v) is 4.73. The predicted octanol–water partition coefficient (Wildman–Crippen LogP) is 5.75. The summed E-state index contributed by atoms with van der Waals surface area (Å²) < 4.78 is 52.5. The van der Waals surface area contributed by atoms with E-state index in [4.69, 9.17) is 9.47 Å². The van der Waals surface area contributed by atoms with E-state index >= 15 is 0 Å². The molecule has 2 aromatic rings. The van der Waals surface area contributed by atoms with Crippen molar-refractivity contribution >= 4 is 33.6 Å². The minimum absolute atomic E-state index is 0.139. The summed E-state index contributed by atoms with van der Waals surface area (Å²) in [4.78, 5) is 28.2. The molecule has 1 atom stereocenters. The van der Waals surface area contributed by atoms with Gasteiger partial charge in [-0.1, -0.05) is 15.9 Å². The molecule has 1 aromatic carbocycles. The number of rotatable bonds is 8. The molecular weight excluding hydrogens is 543 g/mol. The van der Waals surface area contributed by atoms with Crippen LogP contribution in [0.15, 0.2) is 34.9 Å². The molecule has 0 bridgehead atoms. The van der Waals surface area contributed by atoms with E-state index in [0.717, 1.165) is 29.6 Å². The Morgan fingerprint density at radius 1 is 1.17 bits per heavy atom. The normalized spacial score (nSPS) is 18.8. The first-order chi connectivity index (χ1) is 17.0. The van der Waals surface area contributed by atoms with Crippen LogP contribution in [0.2, 0.25) is 0 Å². The van der Waals surface area contributed by atoms with E-state index in [0.29, 0.717) is 30.7 Å². The highest BCUT2D eigenvalue weighted by atomic mass is 79.9. The van der Waals surface area contributed by atoms with E-state index in [1.165, 1.54) is 14.2 Å². The summed E-state index contributed by atoms with van der Waals surface area (Å²) in [5.41, 5.74) is -0.566. The third-order valence-corrected chi connectivity index (χ3v) is 6.89. The maximum Gasteiger partial charge on any atom is 0.419 e. The molecule has 11 heteroatoms. The van der Waals surface area contributed by atoms with Gasteiger partial charge in [0.25, 0.3) is 5.91 Å². The van der Waals surface area contributed by atoms with Gasteiger partial charge in [0.2, 0.25) is 0 Å². The Balaban J connectivity index is 1.70. The molecule has 7 nitrogen and oxygen atoms in total. The topological polar surface area (TPSA) is 89.5 Å². The van der Waals surface area contributed by atoms with Crippen molar-refractivity contribution in [1.82, 2.24) is 10.3 Å². The molecule has 0 spiro atoms. The van der Waals surface area contributed by atoms with Crippen LogP contribution < -0.4 is 15.4 Å². The number of halogens is 4. The van der Waals surface area contributed by atoms with Gasteiger partial charge in [0.15, 0.2) is 0 Å². The SMILES string of the molecule is COc1ccc(Br)cc1C(C)Nc1ncc(C(=O)NC[C@H]2CC[C@H](C(=O)OC)CC2)cc1C(F)(F)F. The zero-order chi connectivity index (χ0) is 26.5. The summed E-state index contributed by atoms with van der Waals surface area (Å²) in [5, 5.41) is 5.51. The van der Waals surface area contributed by atoms with E-state index < -0.39 is 23.7 Å². The van der Waals surface area contributed by atoms with Crippen LogP contribution in [0.5, 0.6) is 5.75 Å². The largest absolute Gasteiger partial charge is 0.496 e. The summed E-state index contributed by atoms with van der Waals surface area (Å²) in [6, 6.07) is 5.48. The number of aromatic nitrogens is 1. The molecule has 1 aliphatic carbocycles. The Hall–Kier alpha value is -2.82. The lowest BCUT2D eigenvalue weighted by Gasteiger charge is -2.27. The molecule has 1 unspecified atom stereocenters. The molecule has 1 saturated carbocycles. The summed E-state index contributed by atoms with van der Waals surface area (Å²) in [7, 11) is 2.84. The average Bonchev–Trinajstić information content (AvgIpc) is 2.86. The number of hydrogen-bond donors (Lipinski definition) is 2. The van der Waals surface area contributed by atoms with Crippen molar-refractivity contribution in [2.75, 3.05) is 26.1 Å². The van der Waals surface area contributed by atoms with Crippen LogP contribution in [-0.2, 0) is 15.7 Å². The Morgan fingerprint density at radius 2 is 1.86 bits per heavy atom. The third kappa shape index (κ3) is 6.89. The van der Waals surface area contributed by atoms with Gasteiger partial charge in [-0.25, -0.2) is 4.98 Å². The van der Waals surface area contributed by atoms with Crippen molar-refractivity contribution in [3.8, 4) is 5.75 Å². The molecular formula is C25H29BrF3N3O4. The summed E-state index contributed by atoms with van der Waals surface area (Å²) in [5.74, 6) is -0.717. The van der Waals surface area contributed by atoms with E-state index in [1.807, 2.05) is 0 Å². The molecule has 0 aliphatic heterocycles. The summed E-state index contributed by atoms with van der Waals surface area (Å²) in [6.45, 7) is 2.01. The van der Waals surface area contributed by atoms with Crippen LogP contribution in [0.25, 0.3) is 0 Å². The first-order valence-electron chi connectivity index (χ1n) is 11.6. The van der Waals surface area contributed by atoms with Crippen molar-refractivity contribution < 1.29 is 32.2 Å². The number of methoxy groups -OCH3 is 2. The lowest BCUT2D eigenvalue weighted by molar-refractivity contribution is -0.146. The Labute approximate surface area is 216 Å². The highest BCUT2D eigenvalue weighted by Gasteiger charge is 2.36.